The lowest BCUT2D eigenvalue weighted by Crippen LogP contribution is -2.17. The molecule has 0 amide bonds. The number of nitrogen functional groups attached to an aromatic ring is 1. The van der Waals surface area contributed by atoms with Crippen molar-refractivity contribution in [2.45, 2.75) is 26.2 Å². The Balaban J connectivity index is 2.36. The van der Waals surface area contributed by atoms with Crippen molar-refractivity contribution in [2.75, 3.05) is 5.73 Å². The molecule has 0 spiro atoms. The van der Waals surface area contributed by atoms with Gasteiger partial charge < -0.3 is 10.5 Å². The van der Waals surface area contributed by atoms with Crippen LogP contribution in [-0.4, -0.2) is 9.97 Å². The molecule has 0 atom stereocenters. The average Bonchev–Trinajstić information content (AvgIpc) is 2.30. The average molecular weight is 369 g/mol. The Morgan fingerprint density at radius 2 is 1.84 bits per heavy atom. The van der Waals surface area contributed by atoms with E-state index in [0.717, 1.165) is 9.32 Å². The van der Waals surface area contributed by atoms with Crippen LogP contribution in [0.5, 0.6) is 11.6 Å². The van der Waals surface area contributed by atoms with E-state index < -0.39 is 0 Å². The molecule has 4 nitrogen and oxygen atoms in total. The third-order valence-corrected chi connectivity index (χ3v) is 3.34. The Labute approximate surface area is 126 Å². The van der Waals surface area contributed by atoms with Crippen molar-refractivity contribution in [3.8, 4) is 11.6 Å². The summed E-state index contributed by atoms with van der Waals surface area (Å²) in [6.07, 6.45) is 0. The molecule has 0 fully saturated rings. The minimum absolute atomic E-state index is 0.169. The van der Waals surface area contributed by atoms with Crippen LogP contribution in [0.25, 0.3) is 0 Å². The fourth-order valence-electron chi connectivity index (χ4n) is 1.47. The molecular weight excluding hydrogens is 353 g/mol. The van der Waals surface area contributed by atoms with E-state index in [1.54, 1.807) is 6.07 Å². The predicted molar refractivity (Wildman–Crippen MR) is 84.4 cm³/mol. The van der Waals surface area contributed by atoms with Crippen LogP contribution >= 0.6 is 22.6 Å². The highest BCUT2D eigenvalue weighted by atomic mass is 127. The number of rotatable bonds is 2. The number of ether oxygens (including phenoxy) is 1. The first-order valence-corrected chi connectivity index (χ1v) is 7.01. The second-order valence-corrected chi connectivity index (χ2v) is 6.40. The first-order chi connectivity index (χ1) is 8.86. The maximum absolute atomic E-state index is 5.81. The molecule has 5 heteroatoms. The zero-order chi connectivity index (χ0) is 14.0. The number of aromatic nitrogens is 2. The monoisotopic (exact) mass is 369 g/mol. The Morgan fingerprint density at radius 3 is 2.47 bits per heavy atom. The summed E-state index contributed by atoms with van der Waals surface area (Å²) in [5, 5.41) is 0. The summed E-state index contributed by atoms with van der Waals surface area (Å²) >= 11 is 2.22. The third-order valence-electron chi connectivity index (χ3n) is 2.44. The second-order valence-electron chi connectivity index (χ2n) is 5.24. The van der Waals surface area contributed by atoms with Gasteiger partial charge in [0.25, 0.3) is 0 Å². The van der Waals surface area contributed by atoms with Crippen LogP contribution in [0.4, 0.5) is 5.82 Å². The van der Waals surface area contributed by atoms with Gasteiger partial charge in [0.05, 0.1) is 3.57 Å². The number of para-hydroxylation sites is 1. The van der Waals surface area contributed by atoms with Crippen LogP contribution in [0.2, 0.25) is 0 Å². The molecule has 100 valence electrons. The number of hydrogen-bond donors (Lipinski definition) is 1. The number of nitrogens with two attached hydrogens (primary N) is 1. The summed E-state index contributed by atoms with van der Waals surface area (Å²) < 4.78 is 6.81. The zero-order valence-electron chi connectivity index (χ0n) is 11.1. The lowest BCUT2D eigenvalue weighted by molar-refractivity contribution is 0.444. The van der Waals surface area contributed by atoms with Crippen LogP contribution in [-0.2, 0) is 5.41 Å². The van der Waals surface area contributed by atoms with Gasteiger partial charge in [-0.2, -0.15) is 4.98 Å². The normalized spacial score (nSPS) is 11.4. The van der Waals surface area contributed by atoms with Crippen molar-refractivity contribution in [3.63, 3.8) is 0 Å². The van der Waals surface area contributed by atoms with Gasteiger partial charge in [-0.05, 0) is 34.7 Å². The molecule has 1 aromatic carbocycles. The number of nitrogens with zero attached hydrogens (tertiary/aromatic N) is 2. The van der Waals surface area contributed by atoms with E-state index in [9.17, 15) is 0 Å². The second kappa shape index (κ2) is 5.32. The molecule has 2 N–H and O–H groups in total. The van der Waals surface area contributed by atoms with E-state index >= 15 is 0 Å². The van der Waals surface area contributed by atoms with Gasteiger partial charge in [0.1, 0.15) is 17.4 Å². The summed E-state index contributed by atoms with van der Waals surface area (Å²) in [5.74, 6) is 2.33. The lowest BCUT2D eigenvalue weighted by Gasteiger charge is -2.17. The predicted octanol–water partition coefficient (Wildman–Crippen LogP) is 3.75. The number of benzene rings is 1. The van der Waals surface area contributed by atoms with Crippen LogP contribution in [0.15, 0.2) is 30.3 Å². The molecule has 0 unspecified atom stereocenters. The Bertz CT molecular complexity index is 593. The van der Waals surface area contributed by atoms with Gasteiger partial charge in [-0.25, -0.2) is 4.98 Å². The van der Waals surface area contributed by atoms with Crippen LogP contribution in [0.1, 0.15) is 26.6 Å². The molecule has 2 aromatic rings. The summed E-state index contributed by atoms with van der Waals surface area (Å²) in [6, 6.07) is 9.40. The van der Waals surface area contributed by atoms with Crippen molar-refractivity contribution in [2.24, 2.45) is 0 Å². The maximum Gasteiger partial charge on any atom is 0.224 e. The molecule has 1 aromatic heterocycles. The van der Waals surface area contributed by atoms with Crippen molar-refractivity contribution in [3.05, 3.63) is 39.7 Å². The van der Waals surface area contributed by atoms with Crippen molar-refractivity contribution < 1.29 is 4.74 Å². The van der Waals surface area contributed by atoms with Crippen LogP contribution in [0, 0.1) is 3.57 Å². The Morgan fingerprint density at radius 1 is 1.16 bits per heavy atom. The molecule has 2 rings (SSSR count). The smallest absolute Gasteiger partial charge is 0.224 e. The standard InChI is InChI=1S/C14H16IN3O/c1-14(2,3)13-17-11(16)8-12(18-13)19-10-7-5-4-6-9(10)15/h4-8H,1-3H3,(H2,16,17,18). The van der Waals surface area contributed by atoms with Gasteiger partial charge in [-0.3, -0.25) is 0 Å². The molecule has 19 heavy (non-hydrogen) atoms. The largest absolute Gasteiger partial charge is 0.438 e. The molecule has 0 bridgehead atoms. The molecule has 0 aliphatic heterocycles. The fourth-order valence-corrected chi connectivity index (χ4v) is 1.97. The van der Waals surface area contributed by atoms with E-state index in [2.05, 4.69) is 32.6 Å². The SMILES string of the molecule is CC(C)(C)c1nc(N)cc(Oc2ccccc2I)n1. The van der Waals surface area contributed by atoms with Gasteiger partial charge >= 0.3 is 0 Å². The molecular formula is C14H16IN3O. The number of halogens is 1. The highest BCUT2D eigenvalue weighted by molar-refractivity contribution is 14.1. The van der Waals surface area contributed by atoms with Gasteiger partial charge in [0, 0.05) is 11.5 Å². The van der Waals surface area contributed by atoms with Gasteiger partial charge in [-0.1, -0.05) is 32.9 Å². The summed E-state index contributed by atoms with van der Waals surface area (Å²) in [5.41, 5.74) is 5.65. The highest BCUT2D eigenvalue weighted by Crippen LogP contribution is 2.28. The van der Waals surface area contributed by atoms with Gasteiger partial charge in [-0.15, -0.1) is 0 Å². The lowest BCUT2D eigenvalue weighted by atomic mass is 9.96. The Hall–Kier alpha value is -1.37. The number of anilines is 1. The van der Waals surface area contributed by atoms with Crippen molar-refractivity contribution >= 4 is 28.4 Å². The molecule has 0 radical (unpaired) electrons. The van der Waals surface area contributed by atoms with E-state index in [-0.39, 0.29) is 5.41 Å². The topological polar surface area (TPSA) is 61.0 Å². The molecule has 1 heterocycles. The van der Waals surface area contributed by atoms with Gasteiger partial charge in [0.15, 0.2) is 0 Å². The van der Waals surface area contributed by atoms with Crippen LogP contribution < -0.4 is 10.5 Å². The van der Waals surface area contributed by atoms with E-state index in [1.165, 1.54) is 0 Å². The zero-order valence-corrected chi connectivity index (χ0v) is 13.3. The molecule has 0 aliphatic rings. The third kappa shape index (κ3) is 3.56. The fraction of sp³-hybridized carbons (Fsp3) is 0.286. The first-order valence-electron chi connectivity index (χ1n) is 5.94. The Kier molecular flexibility index (Phi) is 3.93. The summed E-state index contributed by atoms with van der Waals surface area (Å²) in [4.78, 5) is 8.68. The molecule has 0 saturated carbocycles. The van der Waals surface area contributed by atoms with E-state index in [0.29, 0.717) is 17.5 Å². The van der Waals surface area contributed by atoms with Crippen LogP contribution in [0.3, 0.4) is 0 Å². The molecule has 0 aliphatic carbocycles. The number of hydrogen-bond acceptors (Lipinski definition) is 4. The summed E-state index contributed by atoms with van der Waals surface area (Å²) in [6.45, 7) is 6.12. The highest BCUT2D eigenvalue weighted by Gasteiger charge is 2.19. The van der Waals surface area contributed by atoms with Crippen molar-refractivity contribution in [1.29, 1.82) is 0 Å². The van der Waals surface area contributed by atoms with Crippen molar-refractivity contribution in [1.82, 2.24) is 9.97 Å². The quantitative estimate of drug-likeness (QED) is 0.819. The maximum atomic E-state index is 5.81. The molecule has 0 saturated heterocycles. The minimum Gasteiger partial charge on any atom is -0.438 e. The van der Waals surface area contributed by atoms with Gasteiger partial charge in [0.2, 0.25) is 5.88 Å². The van der Waals surface area contributed by atoms with E-state index in [4.69, 9.17) is 10.5 Å². The van der Waals surface area contributed by atoms with E-state index in [1.807, 2.05) is 45.0 Å². The first kappa shape index (κ1) is 14.0. The minimum atomic E-state index is -0.169. The summed E-state index contributed by atoms with van der Waals surface area (Å²) in [7, 11) is 0.